The van der Waals surface area contributed by atoms with E-state index in [1.807, 2.05) is 0 Å². The number of carbonyl (C=O) groups is 1. The average molecular weight is 312 g/mol. The molecular formula is C13H20N4O3S. The van der Waals surface area contributed by atoms with Gasteiger partial charge in [0, 0.05) is 37.4 Å². The Morgan fingerprint density at radius 1 is 1.57 bits per heavy atom. The number of amides is 1. The van der Waals surface area contributed by atoms with Crippen molar-refractivity contribution in [3.8, 4) is 0 Å². The molecule has 0 saturated carbocycles. The van der Waals surface area contributed by atoms with E-state index in [4.69, 9.17) is 5.73 Å². The molecule has 8 heteroatoms. The molecule has 21 heavy (non-hydrogen) atoms. The lowest BCUT2D eigenvalue weighted by atomic mass is 10.1. The number of rotatable bonds is 4. The molecule has 0 aliphatic carbocycles. The summed E-state index contributed by atoms with van der Waals surface area (Å²) >= 11 is 0. The first-order chi connectivity index (χ1) is 9.89. The van der Waals surface area contributed by atoms with E-state index >= 15 is 0 Å². The smallest absolute Gasteiger partial charge is 0.254 e. The molecule has 1 amide bonds. The van der Waals surface area contributed by atoms with E-state index in [0.717, 1.165) is 19.1 Å². The number of aromatic nitrogens is 1. The maximum absolute atomic E-state index is 12.5. The van der Waals surface area contributed by atoms with Gasteiger partial charge in [-0.25, -0.2) is 13.1 Å². The zero-order valence-corrected chi connectivity index (χ0v) is 12.8. The van der Waals surface area contributed by atoms with Crippen LogP contribution in [-0.2, 0) is 16.6 Å². The summed E-state index contributed by atoms with van der Waals surface area (Å²) in [4.78, 5) is 18.2. The number of hydrogen-bond acceptors (Lipinski definition) is 5. The largest absolute Gasteiger partial charge is 0.337 e. The van der Waals surface area contributed by atoms with Crippen LogP contribution in [0.1, 0.15) is 28.9 Å². The standard InChI is InChI=1S/C13H20N4O3S/c1-21(19,20)16-11-3-2-6-17(9-11)13(18)10-4-5-15-12(7-10)8-14/h4-5,7,11,16H,2-3,6,8-9,14H2,1H3. The van der Waals surface area contributed by atoms with Crippen LogP contribution in [0.4, 0.5) is 0 Å². The van der Waals surface area contributed by atoms with Crippen molar-refractivity contribution in [3.05, 3.63) is 29.6 Å². The van der Waals surface area contributed by atoms with Crippen molar-refractivity contribution in [1.29, 1.82) is 0 Å². The molecule has 1 aliphatic rings. The van der Waals surface area contributed by atoms with E-state index in [-0.39, 0.29) is 18.5 Å². The summed E-state index contributed by atoms with van der Waals surface area (Å²) in [5, 5.41) is 0. The van der Waals surface area contributed by atoms with Crippen LogP contribution in [0.3, 0.4) is 0 Å². The van der Waals surface area contributed by atoms with Crippen LogP contribution in [0.2, 0.25) is 0 Å². The van der Waals surface area contributed by atoms with Gasteiger partial charge in [0.2, 0.25) is 10.0 Å². The van der Waals surface area contributed by atoms with Crippen LogP contribution >= 0.6 is 0 Å². The molecular weight excluding hydrogens is 292 g/mol. The van der Waals surface area contributed by atoms with E-state index in [0.29, 0.717) is 24.3 Å². The number of hydrogen-bond donors (Lipinski definition) is 2. The minimum atomic E-state index is -3.26. The maximum Gasteiger partial charge on any atom is 0.254 e. The molecule has 2 rings (SSSR count). The zero-order valence-electron chi connectivity index (χ0n) is 11.9. The Morgan fingerprint density at radius 3 is 3.00 bits per heavy atom. The van der Waals surface area contributed by atoms with Crippen molar-refractivity contribution in [2.45, 2.75) is 25.4 Å². The maximum atomic E-state index is 12.5. The van der Waals surface area contributed by atoms with Gasteiger partial charge in [0.15, 0.2) is 0 Å². The van der Waals surface area contributed by atoms with Crippen LogP contribution in [0.25, 0.3) is 0 Å². The number of pyridine rings is 1. The van der Waals surface area contributed by atoms with Crippen molar-refractivity contribution in [2.75, 3.05) is 19.3 Å². The molecule has 0 bridgehead atoms. The molecule has 2 heterocycles. The Bertz CT molecular complexity index is 618. The Kier molecular flexibility index (Phi) is 4.92. The molecule has 1 saturated heterocycles. The van der Waals surface area contributed by atoms with E-state index in [2.05, 4.69) is 9.71 Å². The lowest BCUT2D eigenvalue weighted by Crippen LogP contribution is -2.49. The third-order valence-electron chi connectivity index (χ3n) is 3.36. The second-order valence-corrected chi connectivity index (χ2v) is 7.00. The lowest BCUT2D eigenvalue weighted by Gasteiger charge is -2.32. The van der Waals surface area contributed by atoms with Crippen LogP contribution in [0.5, 0.6) is 0 Å². The van der Waals surface area contributed by atoms with Crippen molar-refractivity contribution >= 4 is 15.9 Å². The topological polar surface area (TPSA) is 105 Å². The van der Waals surface area contributed by atoms with Crippen molar-refractivity contribution in [1.82, 2.24) is 14.6 Å². The van der Waals surface area contributed by atoms with Gasteiger partial charge < -0.3 is 10.6 Å². The van der Waals surface area contributed by atoms with Gasteiger partial charge in [0.25, 0.3) is 5.91 Å². The van der Waals surface area contributed by atoms with Gasteiger partial charge in [-0.1, -0.05) is 0 Å². The predicted molar refractivity (Wildman–Crippen MR) is 79.0 cm³/mol. The summed E-state index contributed by atoms with van der Waals surface area (Å²) in [5.41, 5.74) is 6.71. The number of nitrogens with two attached hydrogens (primary N) is 1. The van der Waals surface area contributed by atoms with Gasteiger partial charge in [-0.3, -0.25) is 9.78 Å². The summed E-state index contributed by atoms with van der Waals surface area (Å²) in [6.07, 6.45) is 4.20. The molecule has 7 nitrogen and oxygen atoms in total. The predicted octanol–water partition coefficient (Wildman–Crippen LogP) is -0.306. The zero-order chi connectivity index (χ0) is 15.5. The SMILES string of the molecule is CS(=O)(=O)NC1CCCN(C(=O)c2ccnc(CN)c2)C1. The Morgan fingerprint density at radius 2 is 2.33 bits per heavy atom. The van der Waals surface area contributed by atoms with Gasteiger partial charge in [-0.2, -0.15) is 0 Å². The molecule has 0 spiro atoms. The van der Waals surface area contributed by atoms with Gasteiger partial charge in [-0.05, 0) is 25.0 Å². The highest BCUT2D eigenvalue weighted by Crippen LogP contribution is 2.14. The van der Waals surface area contributed by atoms with E-state index in [1.54, 1.807) is 23.2 Å². The van der Waals surface area contributed by atoms with Crippen LogP contribution in [0.15, 0.2) is 18.3 Å². The first-order valence-corrected chi connectivity index (χ1v) is 8.70. The molecule has 116 valence electrons. The number of piperidine rings is 1. The molecule has 1 fully saturated rings. The van der Waals surface area contributed by atoms with Gasteiger partial charge >= 0.3 is 0 Å². The quantitative estimate of drug-likeness (QED) is 0.793. The van der Waals surface area contributed by atoms with E-state index in [9.17, 15) is 13.2 Å². The molecule has 1 atom stereocenters. The summed E-state index contributed by atoms with van der Waals surface area (Å²) in [7, 11) is -3.26. The van der Waals surface area contributed by atoms with E-state index < -0.39 is 10.0 Å². The van der Waals surface area contributed by atoms with Crippen LogP contribution in [0, 0.1) is 0 Å². The van der Waals surface area contributed by atoms with Crippen LogP contribution < -0.4 is 10.5 Å². The lowest BCUT2D eigenvalue weighted by molar-refractivity contribution is 0.0703. The van der Waals surface area contributed by atoms with Gasteiger partial charge in [0.05, 0.1) is 11.9 Å². The monoisotopic (exact) mass is 312 g/mol. The van der Waals surface area contributed by atoms with Crippen molar-refractivity contribution in [3.63, 3.8) is 0 Å². The minimum Gasteiger partial charge on any atom is -0.337 e. The minimum absolute atomic E-state index is 0.118. The highest BCUT2D eigenvalue weighted by Gasteiger charge is 2.26. The van der Waals surface area contributed by atoms with Gasteiger partial charge in [-0.15, -0.1) is 0 Å². The number of sulfonamides is 1. The fraction of sp³-hybridized carbons (Fsp3) is 0.538. The second kappa shape index (κ2) is 6.50. The normalized spacial score (nSPS) is 19.5. The number of nitrogens with one attached hydrogen (secondary N) is 1. The summed E-state index contributed by atoms with van der Waals surface area (Å²) in [6.45, 7) is 1.28. The molecule has 1 unspecified atom stereocenters. The molecule has 1 aromatic rings. The summed E-state index contributed by atoms with van der Waals surface area (Å²) in [5.74, 6) is -0.118. The molecule has 0 aromatic carbocycles. The first-order valence-electron chi connectivity index (χ1n) is 6.80. The summed E-state index contributed by atoms with van der Waals surface area (Å²) < 4.78 is 25.1. The second-order valence-electron chi connectivity index (χ2n) is 5.22. The third-order valence-corrected chi connectivity index (χ3v) is 4.12. The van der Waals surface area contributed by atoms with Gasteiger partial charge in [0.1, 0.15) is 0 Å². The fourth-order valence-corrected chi connectivity index (χ4v) is 3.26. The molecule has 1 aromatic heterocycles. The van der Waals surface area contributed by atoms with Crippen molar-refractivity contribution in [2.24, 2.45) is 5.73 Å². The van der Waals surface area contributed by atoms with Crippen LogP contribution in [-0.4, -0.2) is 49.6 Å². The average Bonchev–Trinajstić information content (AvgIpc) is 2.45. The highest BCUT2D eigenvalue weighted by atomic mass is 32.2. The Hall–Kier alpha value is -1.51. The first kappa shape index (κ1) is 15.9. The van der Waals surface area contributed by atoms with E-state index in [1.165, 1.54) is 0 Å². The Labute approximate surface area is 124 Å². The third kappa shape index (κ3) is 4.48. The Balaban J connectivity index is 2.08. The molecule has 3 N–H and O–H groups in total. The van der Waals surface area contributed by atoms with Crippen molar-refractivity contribution < 1.29 is 13.2 Å². The highest BCUT2D eigenvalue weighted by molar-refractivity contribution is 7.88. The molecule has 1 aliphatic heterocycles. The number of nitrogens with zero attached hydrogens (tertiary/aromatic N) is 2. The number of likely N-dealkylation sites (tertiary alicyclic amines) is 1. The number of carbonyl (C=O) groups excluding carboxylic acids is 1. The fourth-order valence-electron chi connectivity index (χ4n) is 2.47. The molecule has 0 radical (unpaired) electrons. The summed E-state index contributed by atoms with van der Waals surface area (Å²) in [6, 6.07) is 3.10.